The first-order valence-electron chi connectivity index (χ1n) is 7.58. The molecule has 0 bridgehead atoms. The molecule has 20 heavy (non-hydrogen) atoms. The molecule has 0 aliphatic rings. The van der Waals surface area contributed by atoms with Crippen LogP contribution in [0.4, 0.5) is 0 Å². The van der Waals surface area contributed by atoms with Gasteiger partial charge < -0.3 is 5.32 Å². The highest BCUT2D eigenvalue weighted by Crippen LogP contribution is 2.20. The largest absolute Gasteiger partial charge is 0.310 e. The molecule has 0 saturated carbocycles. The van der Waals surface area contributed by atoms with E-state index in [1.165, 1.54) is 17.5 Å². The molecule has 0 aromatic heterocycles. The van der Waals surface area contributed by atoms with Crippen LogP contribution in [0.15, 0.2) is 60.7 Å². The van der Waals surface area contributed by atoms with Gasteiger partial charge in [-0.25, -0.2) is 0 Å². The first-order chi connectivity index (χ1) is 9.75. The highest BCUT2D eigenvalue weighted by molar-refractivity contribution is 5.19. The van der Waals surface area contributed by atoms with Gasteiger partial charge in [-0.05, 0) is 36.4 Å². The summed E-state index contributed by atoms with van der Waals surface area (Å²) in [6.45, 7) is 5.60. The zero-order valence-electron chi connectivity index (χ0n) is 12.5. The lowest BCUT2D eigenvalue weighted by atomic mass is 9.97. The zero-order valence-corrected chi connectivity index (χ0v) is 12.5. The van der Waals surface area contributed by atoms with Crippen LogP contribution in [0.1, 0.15) is 37.4 Å². The van der Waals surface area contributed by atoms with Gasteiger partial charge in [0.2, 0.25) is 0 Å². The zero-order chi connectivity index (χ0) is 14.2. The quantitative estimate of drug-likeness (QED) is 0.772. The molecular weight excluding hydrogens is 242 g/mol. The van der Waals surface area contributed by atoms with Crippen molar-refractivity contribution in [3.63, 3.8) is 0 Å². The van der Waals surface area contributed by atoms with E-state index in [2.05, 4.69) is 79.8 Å². The van der Waals surface area contributed by atoms with Gasteiger partial charge in [0, 0.05) is 6.04 Å². The topological polar surface area (TPSA) is 12.0 Å². The lowest BCUT2D eigenvalue weighted by Gasteiger charge is -2.21. The molecule has 1 unspecified atom stereocenters. The molecule has 0 amide bonds. The molecule has 2 aromatic carbocycles. The van der Waals surface area contributed by atoms with Crippen molar-refractivity contribution in [3.8, 4) is 0 Å². The second-order valence-corrected chi connectivity index (χ2v) is 5.78. The Hall–Kier alpha value is -1.60. The third kappa shape index (κ3) is 4.82. The second kappa shape index (κ2) is 7.86. The Morgan fingerprint density at radius 3 is 2.05 bits per heavy atom. The first kappa shape index (κ1) is 14.8. The molecule has 1 nitrogen and oxygen atoms in total. The van der Waals surface area contributed by atoms with Gasteiger partial charge in [0.15, 0.2) is 0 Å². The summed E-state index contributed by atoms with van der Waals surface area (Å²) >= 11 is 0. The maximum Gasteiger partial charge on any atom is 0.0322 e. The van der Waals surface area contributed by atoms with Crippen LogP contribution >= 0.6 is 0 Å². The van der Waals surface area contributed by atoms with E-state index in [0.29, 0.717) is 12.0 Å². The molecule has 0 saturated heterocycles. The molecule has 0 fully saturated rings. The lowest BCUT2D eigenvalue weighted by Crippen LogP contribution is -2.25. The third-order valence-corrected chi connectivity index (χ3v) is 3.56. The van der Waals surface area contributed by atoms with Gasteiger partial charge in [0.05, 0.1) is 0 Å². The van der Waals surface area contributed by atoms with Crippen molar-refractivity contribution >= 4 is 0 Å². The molecule has 0 heterocycles. The van der Waals surface area contributed by atoms with Gasteiger partial charge >= 0.3 is 0 Å². The summed E-state index contributed by atoms with van der Waals surface area (Å²) < 4.78 is 0. The smallest absolute Gasteiger partial charge is 0.0322 e. The van der Waals surface area contributed by atoms with Crippen LogP contribution in [-0.2, 0) is 6.42 Å². The first-order valence-corrected chi connectivity index (χ1v) is 7.58. The average molecular weight is 267 g/mol. The fraction of sp³-hybridized carbons (Fsp3) is 0.368. The molecular formula is C19H25N. The van der Waals surface area contributed by atoms with E-state index in [1.54, 1.807) is 0 Å². The van der Waals surface area contributed by atoms with Crippen molar-refractivity contribution < 1.29 is 0 Å². The molecule has 2 aromatic rings. The fourth-order valence-electron chi connectivity index (χ4n) is 2.53. The highest BCUT2D eigenvalue weighted by atomic mass is 14.9. The molecule has 1 atom stereocenters. The van der Waals surface area contributed by atoms with E-state index in [4.69, 9.17) is 0 Å². The summed E-state index contributed by atoms with van der Waals surface area (Å²) in [5.41, 5.74) is 2.80. The van der Waals surface area contributed by atoms with Crippen LogP contribution in [-0.4, -0.2) is 6.54 Å². The van der Waals surface area contributed by atoms with Crippen molar-refractivity contribution in [2.24, 2.45) is 5.92 Å². The molecule has 0 aliphatic heterocycles. The fourth-order valence-corrected chi connectivity index (χ4v) is 2.53. The number of hydrogen-bond donors (Lipinski definition) is 1. The Morgan fingerprint density at radius 1 is 0.850 bits per heavy atom. The molecule has 0 radical (unpaired) electrons. The SMILES string of the molecule is CC(C)CC(NCCc1ccccc1)c1ccccc1. The van der Waals surface area contributed by atoms with Gasteiger partial charge in [-0.3, -0.25) is 0 Å². The molecule has 0 aliphatic carbocycles. The summed E-state index contributed by atoms with van der Waals surface area (Å²) in [6, 6.07) is 21.9. The van der Waals surface area contributed by atoms with Crippen LogP contribution in [0.3, 0.4) is 0 Å². The van der Waals surface area contributed by atoms with E-state index < -0.39 is 0 Å². The van der Waals surface area contributed by atoms with Crippen LogP contribution in [0, 0.1) is 5.92 Å². The third-order valence-electron chi connectivity index (χ3n) is 3.56. The summed E-state index contributed by atoms with van der Waals surface area (Å²) in [7, 11) is 0. The minimum Gasteiger partial charge on any atom is -0.310 e. The van der Waals surface area contributed by atoms with Gasteiger partial charge in [-0.1, -0.05) is 74.5 Å². The number of rotatable bonds is 7. The van der Waals surface area contributed by atoms with Gasteiger partial charge in [0.25, 0.3) is 0 Å². The predicted molar refractivity (Wildman–Crippen MR) is 86.8 cm³/mol. The van der Waals surface area contributed by atoms with Crippen molar-refractivity contribution in [1.82, 2.24) is 5.32 Å². The van der Waals surface area contributed by atoms with E-state index in [-0.39, 0.29) is 0 Å². The minimum absolute atomic E-state index is 0.458. The number of benzene rings is 2. The highest BCUT2D eigenvalue weighted by Gasteiger charge is 2.12. The molecule has 2 rings (SSSR count). The molecule has 0 spiro atoms. The summed E-state index contributed by atoms with van der Waals surface area (Å²) in [4.78, 5) is 0. The second-order valence-electron chi connectivity index (χ2n) is 5.78. The van der Waals surface area contributed by atoms with Crippen LogP contribution < -0.4 is 5.32 Å². The maximum absolute atomic E-state index is 3.72. The van der Waals surface area contributed by atoms with Gasteiger partial charge in [0.1, 0.15) is 0 Å². The Labute approximate surface area is 123 Å². The Kier molecular flexibility index (Phi) is 5.82. The van der Waals surface area contributed by atoms with Gasteiger partial charge in [-0.15, -0.1) is 0 Å². The van der Waals surface area contributed by atoms with E-state index in [1.807, 2.05) is 0 Å². The Morgan fingerprint density at radius 2 is 1.45 bits per heavy atom. The lowest BCUT2D eigenvalue weighted by molar-refractivity contribution is 0.432. The van der Waals surface area contributed by atoms with Crippen molar-refractivity contribution in [1.29, 1.82) is 0 Å². The van der Waals surface area contributed by atoms with Crippen molar-refractivity contribution in [2.75, 3.05) is 6.54 Å². The number of nitrogens with one attached hydrogen (secondary N) is 1. The van der Waals surface area contributed by atoms with Crippen molar-refractivity contribution in [2.45, 2.75) is 32.7 Å². The summed E-state index contributed by atoms with van der Waals surface area (Å²) in [5, 5.41) is 3.72. The van der Waals surface area contributed by atoms with Crippen LogP contribution in [0.2, 0.25) is 0 Å². The molecule has 106 valence electrons. The Bertz CT molecular complexity index is 476. The normalized spacial score (nSPS) is 12.6. The molecule has 1 N–H and O–H groups in total. The summed E-state index contributed by atoms with van der Waals surface area (Å²) in [5.74, 6) is 0.699. The monoisotopic (exact) mass is 267 g/mol. The van der Waals surface area contributed by atoms with E-state index >= 15 is 0 Å². The maximum atomic E-state index is 3.72. The standard InChI is InChI=1S/C19H25N/c1-16(2)15-19(18-11-7-4-8-12-18)20-14-13-17-9-5-3-6-10-17/h3-12,16,19-20H,13-15H2,1-2H3. The van der Waals surface area contributed by atoms with Crippen molar-refractivity contribution in [3.05, 3.63) is 71.8 Å². The van der Waals surface area contributed by atoms with E-state index in [9.17, 15) is 0 Å². The number of hydrogen-bond acceptors (Lipinski definition) is 1. The van der Waals surface area contributed by atoms with Crippen LogP contribution in [0.5, 0.6) is 0 Å². The average Bonchev–Trinajstić information content (AvgIpc) is 2.48. The van der Waals surface area contributed by atoms with Crippen LogP contribution in [0.25, 0.3) is 0 Å². The minimum atomic E-state index is 0.458. The summed E-state index contributed by atoms with van der Waals surface area (Å²) in [6.07, 6.45) is 2.26. The Balaban J connectivity index is 1.91. The van der Waals surface area contributed by atoms with Gasteiger partial charge in [-0.2, -0.15) is 0 Å². The van der Waals surface area contributed by atoms with E-state index in [0.717, 1.165) is 13.0 Å². The molecule has 1 heteroatoms. The predicted octanol–water partition coefficient (Wildman–Crippen LogP) is 4.61.